The van der Waals surface area contributed by atoms with Crippen LogP contribution in [-0.4, -0.2) is 43.8 Å². The van der Waals surface area contributed by atoms with Gasteiger partial charge in [0.15, 0.2) is 9.84 Å². The van der Waals surface area contributed by atoms with Crippen LogP contribution in [-0.2, 0) is 9.84 Å². The van der Waals surface area contributed by atoms with Crippen molar-refractivity contribution in [3.63, 3.8) is 0 Å². The number of pyridine rings is 1. The van der Waals surface area contributed by atoms with E-state index in [-0.39, 0.29) is 17.3 Å². The maximum Gasteiger partial charge on any atom is 0.153 e. The Labute approximate surface area is 106 Å². The van der Waals surface area contributed by atoms with Crippen LogP contribution < -0.4 is 10.6 Å². The molecule has 2 rings (SSSR count). The Morgan fingerprint density at radius 1 is 1.39 bits per heavy atom. The van der Waals surface area contributed by atoms with Gasteiger partial charge in [-0.2, -0.15) is 0 Å². The lowest BCUT2D eigenvalue weighted by molar-refractivity contribution is 0.586. The number of nitrogens with one attached hydrogen (secondary N) is 1. The molecule has 0 atom stereocenters. The number of rotatable bonds is 2. The van der Waals surface area contributed by atoms with E-state index in [1.165, 1.54) is 0 Å². The Morgan fingerprint density at radius 2 is 2.00 bits per heavy atom. The van der Waals surface area contributed by atoms with E-state index in [0.717, 1.165) is 5.69 Å². The minimum Gasteiger partial charge on any atom is -0.384 e. The highest BCUT2D eigenvalue weighted by atomic mass is 32.2. The fourth-order valence-corrected chi connectivity index (χ4v) is 3.12. The molecule has 18 heavy (non-hydrogen) atoms. The number of amidine groups is 1. The normalized spacial score (nSPS) is 18.6. The largest absolute Gasteiger partial charge is 0.384 e. The molecule has 0 aromatic carbocycles. The molecule has 1 aromatic heterocycles. The number of nitrogens with two attached hydrogens (primary N) is 1. The lowest BCUT2D eigenvalue weighted by Crippen LogP contribution is -2.41. The molecule has 7 heteroatoms. The summed E-state index contributed by atoms with van der Waals surface area (Å²) in [6.45, 7) is 2.66. The lowest BCUT2D eigenvalue weighted by atomic mass is 10.2. The first-order chi connectivity index (χ1) is 8.39. The molecule has 0 bridgehead atoms. The summed E-state index contributed by atoms with van der Waals surface area (Å²) in [5.41, 5.74) is 6.90. The summed E-state index contributed by atoms with van der Waals surface area (Å²) in [7, 11) is -2.92. The molecule has 0 saturated carbocycles. The van der Waals surface area contributed by atoms with E-state index in [0.29, 0.717) is 24.5 Å². The van der Waals surface area contributed by atoms with Crippen molar-refractivity contribution in [2.45, 2.75) is 6.92 Å². The topological polar surface area (TPSA) is 100 Å². The van der Waals surface area contributed by atoms with Crippen LogP contribution in [0.2, 0.25) is 0 Å². The van der Waals surface area contributed by atoms with Crippen molar-refractivity contribution in [2.24, 2.45) is 5.73 Å². The van der Waals surface area contributed by atoms with Crippen LogP contribution in [0.3, 0.4) is 0 Å². The van der Waals surface area contributed by atoms with Crippen LogP contribution in [0.1, 0.15) is 11.3 Å². The van der Waals surface area contributed by atoms with E-state index in [1.807, 2.05) is 11.8 Å². The Balaban J connectivity index is 2.33. The Bertz CT molecular complexity index is 569. The van der Waals surface area contributed by atoms with Crippen LogP contribution in [0.25, 0.3) is 0 Å². The summed E-state index contributed by atoms with van der Waals surface area (Å²) in [6.07, 6.45) is 0. The van der Waals surface area contributed by atoms with Gasteiger partial charge in [0.1, 0.15) is 11.7 Å². The van der Waals surface area contributed by atoms with Gasteiger partial charge in [-0.25, -0.2) is 13.4 Å². The standard InChI is InChI=1S/C11H16N4O2S/c1-8-2-3-9(10(12)13)11(14-8)15-4-6-18(16,17)7-5-15/h2-3H,4-7H2,1H3,(H3,12,13). The van der Waals surface area contributed by atoms with Crippen molar-refractivity contribution in [2.75, 3.05) is 29.5 Å². The molecule has 1 fully saturated rings. The highest BCUT2D eigenvalue weighted by molar-refractivity contribution is 7.91. The van der Waals surface area contributed by atoms with Gasteiger partial charge in [-0.1, -0.05) is 0 Å². The smallest absolute Gasteiger partial charge is 0.153 e. The molecule has 1 aromatic rings. The van der Waals surface area contributed by atoms with Crippen LogP contribution >= 0.6 is 0 Å². The van der Waals surface area contributed by atoms with Gasteiger partial charge in [-0.15, -0.1) is 0 Å². The van der Waals surface area contributed by atoms with Gasteiger partial charge in [0, 0.05) is 18.8 Å². The minimum atomic E-state index is -2.92. The molecule has 0 spiro atoms. The van der Waals surface area contributed by atoms with Gasteiger partial charge >= 0.3 is 0 Å². The van der Waals surface area contributed by atoms with Crippen LogP contribution in [0.4, 0.5) is 5.82 Å². The summed E-state index contributed by atoms with van der Waals surface area (Å²) in [5.74, 6) is 0.809. The fourth-order valence-electron chi connectivity index (χ4n) is 1.92. The summed E-state index contributed by atoms with van der Waals surface area (Å²) in [5, 5.41) is 7.54. The van der Waals surface area contributed by atoms with E-state index < -0.39 is 9.84 Å². The first-order valence-corrected chi connectivity index (χ1v) is 7.48. The number of anilines is 1. The summed E-state index contributed by atoms with van der Waals surface area (Å²) >= 11 is 0. The third-order valence-corrected chi connectivity index (χ3v) is 4.56. The molecule has 2 heterocycles. The number of nitrogens with zero attached hydrogens (tertiary/aromatic N) is 2. The van der Waals surface area contributed by atoms with Crippen LogP contribution in [0.5, 0.6) is 0 Å². The minimum absolute atomic E-state index is 0.0501. The first kappa shape index (κ1) is 12.8. The van der Waals surface area contributed by atoms with E-state index in [4.69, 9.17) is 11.1 Å². The Hall–Kier alpha value is -1.63. The van der Waals surface area contributed by atoms with E-state index in [2.05, 4.69) is 4.98 Å². The van der Waals surface area contributed by atoms with Crippen molar-refractivity contribution >= 4 is 21.5 Å². The van der Waals surface area contributed by atoms with Gasteiger partial charge in [0.05, 0.1) is 17.1 Å². The first-order valence-electron chi connectivity index (χ1n) is 5.66. The van der Waals surface area contributed by atoms with Gasteiger partial charge in [-0.05, 0) is 19.1 Å². The van der Waals surface area contributed by atoms with Crippen molar-refractivity contribution in [3.8, 4) is 0 Å². The molecule has 0 radical (unpaired) electrons. The quantitative estimate of drug-likeness (QED) is 0.576. The highest BCUT2D eigenvalue weighted by Crippen LogP contribution is 2.20. The molecule has 1 aliphatic rings. The number of hydrogen-bond acceptors (Lipinski definition) is 5. The summed E-state index contributed by atoms with van der Waals surface area (Å²) < 4.78 is 22.8. The van der Waals surface area contributed by atoms with Crippen molar-refractivity contribution < 1.29 is 8.42 Å². The van der Waals surface area contributed by atoms with Crippen LogP contribution in [0, 0.1) is 12.3 Å². The zero-order valence-electron chi connectivity index (χ0n) is 10.2. The van der Waals surface area contributed by atoms with Gasteiger partial charge in [0.2, 0.25) is 0 Å². The second kappa shape index (κ2) is 4.56. The van der Waals surface area contributed by atoms with Gasteiger partial charge in [-0.3, -0.25) is 5.41 Å². The molecule has 1 saturated heterocycles. The molecule has 1 aliphatic heterocycles. The number of sulfone groups is 1. The lowest BCUT2D eigenvalue weighted by Gasteiger charge is -2.29. The highest BCUT2D eigenvalue weighted by Gasteiger charge is 2.24. The van der Waals surface area contributed by atoms with Crippen molar-refractivity contribution in [1.29, 1.82) is 5.41 Å². The molecule has 3 N–H and O–H groups in total. The number of nitrogen functional groups attached to an aromatic ring is 1. The zero-order valence-corrected chi connectivity index (χ0v) is 11.0. The molecule has 0 unspecified atom stereocenters. The molecular formula is C11H16N4O2S. The second-order valence-electron chi connectivity index (χ2n) is 4.38. The zero-order chi connectivity index (χ0) is 13.3. The van der Waals surface area contributed by atoms with Crippen LogP contribution in [0.15, 0.2) is 12.1 Å². The van der Waals surface area contributed by atoms with Crippen molar-refractivity contribution in [3.05, 3.63) is 23.4 Å². The monoisotopic (exact) mass is 268 g/mol. The molecule has 6 nitrogen and oxygen atoms in total. The SMILES string of the molecule is Cc1ccc(C(=N)N)c(N2CCS(=O)(=O)CC2)n1. The van der Waals surface area contributed by atoms with Gasteiger partial charge in [0.25, 0.3) is 0 Å². The third-order valence-electron chi connectivity index (χ3n) is 2.95. The van der Waals surface area contributed by atoms with E-state index in [9.17, 15) is 8.42 Å². The molecule has 0 amide bonds. The fraction of sp³-hybridized carbons (Fsp3) is 0.455. The maximum atomic E-state index is 11.4. The third kappa shape index (κ3) is 2.61. The predicted octanol–water partition coefficient (Wildman–Crippen LogP) is -0.0911. The molecule has 98 valence electrons. The van der Waals surface area contributed by atoms with Crippen molar-refractivity contribution in [1.82, 2.24) is 4.98 Å². The van der Waals surface area contributed by atoms with Gasteiger partial charge < -0.3 is 10.6 Å². The number of aromatic nitrogens is 1. The Kier molecular flexibility index (Phi) is 3.25. The predicted molar refractivity (Wildman–Crippen MR) is 70.9 cm³/mol. The summed E-state index contributed by atoms with van der Waals surface area (Å²) in [6, 6.07) is 3.55. The average molecular weight is 268 g/mol. The maximum absolute atomic E-state index is 11.4. The Morgan fingerprint density at radius 3 is 2.56 bits per heavy atom. The van der Waals surface area contributed by atoms with E-state index in [1.54, 1.807) is 12.1 Å². The average Bonchev–Trinajstić information content (AvgIpc) is 2.28. The number of hydrogen-bond donors (Lipinski definition) is 2. The summed E-state index contributed by atoms with van der Waals surface area (Å²) in [4.78, 5) is 6.26. The number of aryl methyl sites for hydroxylation is 1. The second-order valence-corrected chi connectivity index (χ2v) is 6.68. The molecular weight excluding hydrogens is 252 g/mol. The molecule has 0 aliphatic carbocycles. The van der Waals surface area contributed by atoms with E-state index >= 15 is 0 Å².